The lowest BCUT2D eigenvalue weighted by Gasteiger charge is -2.12. The monoisotopic (exact) mass is 408 g/mol. The number of hydrogen-bond donors (Lipinski definition) is 1. The molecule has 7 heteroatoms. The van der Waals surface area contributed by atoms with E-state index in [0.717, 1.165) is 28.3 Å². The van der Waals surface area contributed by atoms with Gasteiger partial charge in [-0.3, -0.25) is 0 Å². The molecule has 0 aliphatic carbocycles. The molecule has 3 aromatic rings. The van der Waals surface area contributed by atoms with Gasteiger partial charge in [0.15, 0.2) is 0 Å². The lowest BCUT2D eigenvalue weighted by molar-refractivity contribution is 0.0593. The standard InChI is InChI=1S/C23H25FN4O2/c1-4-5-20-13-26-22(28(20)15-17-6-8-18(24)9-7-17)14-25-12-19-10-16(2)11-21(27-19)23(29)30-3/h4-11,13,25H,12,14-15H2,1-3H3/b5-4-. The zero-order chi connectivity index (χ0) is 21.5. The Morgan fingerprint density at radius 1 is 1.23 bits per heavy atom. The molecule has 30 heavy (non-hydrogen) atoms. The highest BCUT2D eigenvalue weighted by atomic mass is 19.1. The minimum Gasteiger partial charge on any atom is -0.464 e. The Kier molecular flexibility index (Phi) is 7.08. The van der Waals surface area contributed by atoms with Gasteiger partial charge in [-0.05, 0) is 55.3 Å². The number of nitrogens with one attached hydrogen (secondary N) is 1. The van der Waals surface area contributed by atoms with Gasteiger partial charge in [-0.1, -0.05) is 18.2 Å². The molecule has 0 saturated carbocycles. The molecular formula is C23H25FN4O2. The second-order valence-corrected chi connectivity index (χ2v) is 6.93. The predicted octanol–water partition coefficient (Wildman–Crippen LogP) is 3.88. The minimum atomic E-state index is -0.453. The summed E-state index contributed by atoms with van der Waals surface area (Å²) in [5.74, 6) is 0.149. The molecule has 1 aromatic carbocycles. The summed E-state index contributed by atoms with van der Waals surface area (Å²) in [4.78, 5) is 20.7. The predicted molar refractivity (Wildman–Crippen MR) is 113 cm³/mol. The summed E-state index contributed by atoms with van der Waals surface area (Å²) in [7, 11) is 1.34. The summed E-state index contributed by atoms with van der Waals surface area (Å²) in [6.45, 7) is 5.45. The molecule has 3 rings (SSSR count). The first kappa shape index (κ1) is 21.4. The van der Waals surface area contributed by atoms with Crippen LogP contribution in [0.25, 0.3) is 6.08 Å². The smallest absolute Gasteiger partial charge is 0.356 e. The van der Waals surface area contributed by atoms with Crippen LogP contribution in [0.1, 0.15) is 45.8 Å². The van der Waals surface area contributed by atoms with E-state index in [2.05, 4.69) is 19.9 Å². The summed E-state index contributed by atoms with van der Waals surface area (Å²) >= 11 is 0. The van der Waals surface area contributed by atoms with Crippen LogP contribution in [0.2, 0.25) is 0 Å². The lowest BCUT2D eigenvalue weighted by atomic mass is 10.2. The van der Waals surface area contributed by atoms with Crippen molar-refractivity contribution in [3.05, 3.63) is 88.5 Å². The second-order valence-electron chi connectivity index (χ2n) is 6.93. The number of aromatic nitrogens is 3. The number of allylic oxidation sites excluding steroid dienone is 1. The van der Waals surface area contributed by atoms with Crippen molar-refractivity contribution in [3.63, 3.8) is 0 Å². The Morgan fingerprint density at radius 3 is 2.70 bits per heavy atom. The van der Waals surface area contributed by atoms with Gasteiger partial charge in [0.05, 0.1) is 31.2 Å². The van der Waals surface area contributed by atoms with E-state index in [9.17, 15) is 9.18 Å². The number of esters is 1. The summed E-state index contributed by atoms with van der Waals surface area (Å²) in [5, 5.41) is 3.34. The highest BCUT2D eigenvalue weighted by Crippen LogP contribution is 2.13. The Hall–Kier alpha value is -3.32. The molecule has 0 unspecified atom stereocenters. The van der Waals surface area contributed by atoms with Crippen molar-refractivity contribution in [2.45, 2.75) is 33.5 Å². The van der Waals surface area contributed by atoms with Crippen LogP contribution in [0.5, 0.6) is 0 Å². The van der Waals surface area contributed by atoms with Crippen molar-refractivity contribution < 1.29 is 13.9 Å². The third-order valence-electron chi connectivity index (χ3n) is 4.57. The average molecular weight is 408 g/mol. The molecule has 6 nitrogen and oxygen atoms in total. The van der Waals surface area contributed by atoms with Crippen molar-refractivity contribution in [2.75, 3.05) is 7.11 Å². The van der Waals surface area contributed by atoms with E-state index < -0.39 is 5.97 Å². The van der Waals surface area contributed by atoms with Crippen LogP contribution in [0.4, 0.5) is 4.39 Å². The number of ether oxygens (including phenoxy) is 1. The molecule has 0 saturated heterocycles. The molecule has 1 N–H and O–H groups in total. The van der Waals surface area contributed by atoms with Crippen LogP contribution in [0.15, 0.2) is 48.7 Å². The number of pyridine rings is 1. The van der Waals surface area contributed by atoms with E-state index in [1.165, 1.54) is 19.2 Å². The molecule has 2 aromatic heterocycles. The molecule has 0 aliphatic rings. The molecule has 2 heterocycles. The lowest BCUT2D eigenvalue weighted by Crippen LogP contribution is -2.19. The molecule has 156 valence electrons. The highest BCUT2D eigenvalue weighted by Gasteiger charge is 2.11. The van der Waals surface area contributed by atoms with Gasteiger partial charge >= 0.3 is 5.97 Å². The quantitative estimate of drug-likeness (QED) is 0.573. The number of carbonyl (C=O) groups excluding carboxylic acids is 1. The van der Waals surface area contributed by atoms with E-state index in [-0.39, 0.29) is 5.82 Å². The molecular weight excluding hydrogens is 383 g/mol. The molecule has 0 atom stereocenters. The van der Waals surface area contributed by atoms with Crippen molar-refractivity contribution in [3.8, 4) is 0 Å². The fraction of sp³-hybridized carbons (Fsp3) is 0.261. The van der Waals surface area contributed by atoms with Gasteiger partial charge in [0, 0.05) is 13.1 Å². The van der Waals surface area contributed by atoms with Gasteiger partial charge in [-0.2, -0.15) is 0 Å². The van der Waals surface area contributed by atoms with Crippen LogP contribution < -0.4 is 5.32 Å². The van der Waals surface area contributed by atoms with E-state index in [0.29, 0.717) is 25.3 Å². The van der Waals surface area contributed by atoms with Crippen LogP contribution in [-0.4, -0.2) is 27.6 Å². The van der Waals surface area contributed by atoms with E-state index >= 15 is 0 Å². The maximum Gasteiger partial charge on any atom is 0.356 e. The first-order chi connectivity index (χ1) is 14.5. The molecule has 0 amide bonds. The van der Waals surface area contributed by atoms with Crippen molar-refractivity contribution in [1.29, 1.82) is 0 Å². The number of aryl methyl sites for hydroxylation is 1. The largest absolute Gasteiger partial charge is 0.464 e. The number of methoxy groups -OCH3 is 1. The number of nitrogens with zero attached hydrogens (tertiary/aromatic N) is 3. The summed E-state index contributed by atoms with van der Waals surface area (Å²) in [6.07, 6.45) is 5.77. The number of hydrogen-bond acceptors (Lipinski definition) is 5. The summed E-state index contributed by atoms with van der Waals surface area (Å²) < 4.78 is 20.1. The van der Waals surface area contributed by atoms with Crippen molar-refractivity contribution >= 4 is 12.0 Å². The number of benzene rings is 1. The van der Waals surface area contributed by atoms with Gasteiger partial charge in [0.1, 0.15) is 17.3 Å². The zero-order valence-electron chi connectivity index (χ0n) is 17.4. The fourth-order valence-electron chi connectivity index (χ4n) is 3.17. The first-order valence-corrected chi connectivity index (χ1v) is 9.68. The number of imidazole rings is 1. The Morgan fingerprint density at radius 2 is 2.00 bits per heavy atom. The normalized spacial score (nSPS) is 11.2. The Bertz CT molecular complexity index is 1040. The maximum absolute atomic E-state index is 13.2. The van der Waals surface area contributed by atoms with Gasteiger partial charge in [-0.25, -0.2) is 19.2 Å². The summed E-state index contributed by atoms with van der Waals surface area (Å²) in [6, 6.07) is 10.1. The van der Waals surface area contributed by atoms with E-state index in [1.807, 2.05) is 38.3 Å². The topological polar surface area (TPSA) is 69.0 Å². The Labute approximate surface area is 175 Å². The number of halogens is 1. The van der Waals surface area contributed by atoms with Crippen molar-refractivity contribution in [1.82, 2.24) is 19.9 Å². The number of rotatable bonds is 8. The molecule has 0 aliphatic heterocycles. The average Bonchev–Trinajstić information content (AvgIpc) is 3.10. The van der Waals surface area contributed by atoms with Gasteiger partial charge in [0.25, 0.3) is 0 Å². The Balaban J connectivity index is 1.73. The number of carbonyl (C=O) groups is 1. The fourth-order valence-corrected chi connectivity index (χ4v) is 3.17. The SMILES string of the molecule is C/C=C\c1cnc(CNCc2cc(C)cc(C(=O)OC)n2)n1Cc1ccc(F)cc1. The van der Waals surface area contributed by atoms with Crippen LogP contribution >= 0.6 is 0 Å². The molecule has 0 spiro atoms. The van der Waals surface area contributed by atoms with Crippen LogP contribution in [0.3, 0.4) is 0 Å². The molecule has 0 radical (unpaired) electrons. The second kappa shape index (κ2) is 9.93. The summed E-state index contributed by atoms with van der Waals surface area (Å²) in [5.41, 5.74) is 3.95. The molecule has 0 fully saturated rings. The third-order valence-corrected chi connectivity index (χ3v) is 4.57. The van der Waals surface area contributed by atoms with Crippen LogP contribution in [0, 0.1) is 12.7 Å². The first-order valence-electron chi connectivity index (χ1n) is 9.68. The third kappa shape index (κ3) is 5.39. The maximum atomic E-state index is 13.2. The minimum absolute atomic E-state index is 0.253. The van der Waals surface area contributed by atoms with Gasteiger partial charge < -0.3 is 14.6 Å². The van der Waals surface area contributed by atoms with Gasteiger partial charge in [-0.15, -0.1) is 0 Å². The highest BCUT2D eigenvalue weighted by molar-refractivity contribution is 5.87. The van der Waals surface area contributed by atoms with Crippen molar-refractivity contribution in [2.24, 2.45) is 0 Å². The van der Waals surface area contributed by atoms with Crippen LogP contribution in [-0.2, 0) is 24.4 Å². The zero-order valence-corrected chi connectivity index (χ0v) is 17.4. The van der Waals surface area contributed by atoms with E-state index in [1.54, 1.807) is 18.2 Å². The van der Waals surface area contributed by atoms with E-state index in [4.69, 9.17) is 4.74 Å². The van der Waals surface area contributed by atoms with Gasteiger partial charge in [0.2, 0.25) is 0 Å². The molecule has 0 bridgehead atoms.